The first kappa shape index (κ1) is 8.73. The van der Waals surface area contributed by atoms with Crippen LogP contribution in [0.2, 0.25) is 0 Å². The molecule has 0 aliphatic carbocycles. The predicted molar refractivity (Wildman–Crippen MR) is 50.6 cm³/mol. The van der Waals surface area contributed by atoms with Crippen molar-refractivity contribution in [1.29, 1.82) is 0 Å². The van der Waals surface area contributed by atoms with Crippen LogP contribution in [0.4, 0.5) is 0 Å². The molecule has 1 aromatic carbocycles. The van der Waals surface area contributed by atoms with Crippen LogP contribution in [0.15, 0.2) is 6.07 Å². The van der Waals surface area contributed by atoms with Crippen LogP contribution in [-0.2, 0) is 22.7 Å². The average molecular weight is 206 g/mol. The number of fused-ring (bicyclic) bond motifs is 3. The van der Waals surface area contributed by atoms with Crippen LogP contribution < -0.4 is 4.74 Å². The highest BCUT2D eigenvalue weighted by Crippen LogP contribution is 2.37. The molecule has 0 bridgehead atoms. The number of rotatable bonds is 0. The van der Waals surface area contributed by atoms with E-state index in [4.69, 9.17) is 14.2 Å². The second kappa shape index (κ2) is 2.97. The first-order chi connectivity index (χ1) is 7.27. The van der Waals surface area contributed by atoms with Crippen molar-refractivity contribution < 1.29 is 19.0 Å². The van der Waals surface area contributed by atoms with Crippen LogP contribution in [0.25, 0.3) is 0 Å². The topological polar surface area (TPSA) is 44.8 Å². The van der Waals surface area contributed by atoms with Crippen molar-refractivity contribution in [3.63, 3.8) is 0 Å². The molecule has 0 aromatic heterocycles. The maximum Gasteiger partial charge on any atom is 0.339 e. The van der Waals surface area contributed by atoms with Gasteiger partial charge < -0.3 is 14.2 Å². The van der Waals surface area contributed by atoms with Gasteiger partial charge in [-0.05, 0) is 18.6 Å². The zero-order valence-electron chi connectivity index (χ0n) is 8.33. The smallest absolute Gasteiger partial charge is 0.339 e. The van der Waals surface area contributed by atoms with Crippen molar-refractivity contribution in [2.75, 3.05) is 6.79 Å². The summed E-state index contributed by atoms with van der Waals surface area (Å²) in [5.41, 5.74) is 3.46. The van der Waals surface area contributed by atoms with Gasteiger partial charge in [-0.3, -0.25) is 0 Å². The van der Waals surface area contributed by atoms with Crippen LogP contribution >= 0.6 is 0 Å². The van der Waals surface area contributed by atoms with Gasteiger partial charge in [0.05, 0.1) is 12.2 Å². The Morgan fingerprint density at radius 2 is 2.13 bits per heavy atom. The van der Waals surface area contributed by atoms with Crippen LogP contribution in [0, 0.1) is 6.92 Å². The number of hydrogen-bond acceptors (Lipinski definition) is 4. The number of aryl methyl sites for hydroxylation is 1. The van der Waals surface area contributed by atoms with E-state index in [1.165, 1.54) is 0 Å². The zero-order valence-corrected chi connectivity index (χ0v) is 8.33. The lowest BCUT2D eigenvalue weighted by Gasteiger charge is -2.20. The molecule has 0 saturated heterocycles. The Hall–Kier alpha value is -1.55. The molecule has 15 heavy (non-hydrogen) atoms. The minimum absolute atomic E-state index is 0.247. The Morgan fingerprint density at radius 3 is 3.00 bits per heavy atom. The lowest BCUT2D eigenvalue weighted by Crippen LogP contribution is -2.14. The third kappa shape index (κ3) is 1.15. The molecule has 0 N–H and O–H groups in total. The molecular weight excluding hydrogens is 196 g/mol. The molecule has 0 atom stereocenters. The Balaban J connectivity index is 2.26. The summed E-state index contributed by atoms with van der Waals surface area (Å²) in [6.07, 6.45) is 0. The SMILES string of the molecule is Cc1cc2c(c3c1C(=O)OC3)OCOC2. The second-order valence-electron chi connectivity index (χ2n) is 3.72. The summed E-state index contributed by atoms with van der Waals surface area (Å²) in [6.45, 7) is 3.01. The van der Waals surface area contributed by atoms with E-state index in [0.29, 0.717) is 18.8 Å². The van der Waals surface area contributed by atoms with Gasteiger partial charge in [-0.15, -0.1) is 0 Å². The number of cyclic esters (lactones) is 1. The largest absolute Gasteiger partial charge is 0.467 e. The Labute approximate surface area is 86.7 Å². The maximum atomic E-state index is 11.5. The molecule has 0 amide bonds. The molecule has 2 aliphatic rings. The third-order valence-electron chi connectivity index (χ3n) is 2.75. The Kier molecular flexibility index (Phi) is 1.73. The highest BCUT2D eigenvalue weighted by Gasteiger charge is 2.30. The molecule has 78 valence electrons. The normalized spacial score (nSPS) is 17.8. The molecule has 0 spiro atoms. The highest BCUT2D eigenvalue weighted by molar-refractivity contribution is 5.96. The van der Waals surface area contributed by atoms with Gasteiger partial charge in [-0.1, -0.05) is 0 Å². The molecule has 1 aromatic rings. The van der Waals surface area contributed by atoms with Gasteiger partial charge in [0.2, 0.25) is 0 Å². The number of carbonyl (C=O) groups is 1. The number of esters is 1. The zero-order chi connectivity index (χ0) is 10.4. The molecule has 0 unspecified atom stereocenters. The predicted octanol–water partition coefficient (Wildman–Crippen LogP) is 1.53. The molecule has 4 heteroatoms. The molecular formula is C11H10O4. The molecule has 0 fully saturated rings. The van der Waals surface area contributed by atoms with Crippen molar-refractivity contribution in [2.24, 2.45) is 0 Å². The standard InChI is InChI=1S/C11H10O4/c1-6-2-7-3-13-5-15-10(7)8-4-14-11(12)9(6)8/h2H,3-5H2,1H3. The number of carbonyl (C=O) groups excluding carboxylic acids is 1. The first-order valence-electron chi connectivity index (χ1n) is 4.80. The summed E-state index contributed by atoms with van der Waals surface area (Å²) in [5, 5.41) is 0. The fraction of sp³-hybridized carbons (Fsp3) is 0.364. The van der Waals surface area contributed by atoms with Crippen molar-refractivity contribution in [2.45, 2.75) is 20.1 Å². The molecule has 2 aliphatic heterocycles. The van der Waals surface area contributed by atoms with Crippen LogP contribution in [0.3, 0.4) is 0 Å². The number of hydrogen-bond donors (Lipinski definition) is 0. The third-order valence-corrected chi connectivity index (χ3v) is 2.75. The van der Waals surface area contributed by atoms with Gasteiger partial charge in [0.15, 0.2) is 6.79 Å². The van der Waals surface area contributed by atoms with E-state index >= 15 is 0 Å². The monoisotopic (exact) mass is 206 g/mol. The van der Waals surface area contributed by atoms with Gasteiger partial charge in [0, 0.05) is 11.1 Å². The lowest BCUT2D eigenvalue weighted by atomic mass is 9.99. The summed E-state index contributed by atoms with van der Waals surface area (Å²) < 4.78 is 15.6. The second-order valence-corrected chi connectivity index (χ2v) is 3.72. The fourth-order valence-electron chi connectivity index (χ4n) is 2.12. The highest BCUT2D eigenvalue weighted by atomic mass is 16.7. The summed E-state index contributed by atoms with van der Waals surface area (Å²) in [5.74, 6) is 0.521. The molecule has 3 rings (SSSR count). The summed E-state index contributed by atoms with van der Waals surface area (Å²) >= 11 is 0. The van der Waals surface area contributed by atoms with Crippen molar-refractivity contribution in [3.05, 3.63) is 28.3 Å². The minimum atomic E-state index is -0.250. The van der Waals surface area contributed by atoms with E-state index in [0.717, 1.165) is 22.4 Å². The van der Waals surface area contributed by atoms with E-state index in [1.54, 1.807) is 0 Å². The van der Waals surface area contributed by atoms with Crippen molar-refractivity contribution in [1.82, 2.24) is 0 Å². The first-order valence-corrected chi connectivity index (χ1v) is 4.80. The molecule has 2 heterocycles. The van der Waals surface area contributed by atoms with Crippen LogP contribution in [-0.4, -0.2) is 12.8 Å². The maximum absolute atomic E-state index is 11.5. The van der Waals surface area contributed by atoms with Gasteiger partial charge in [-0.2, -0.15) is 0 Å². The van der Waals surface area contributed by atoms with Gasteiger partial charge in [0.25, 0.3) is 0 Å². The van der Waals surface area contributed by atoms with Gasteiger partial charge in [0.1, 0.15) is 12.4 Å². The van der Waals surface area contributed by atoms with Crippen molar-refractivity contribution >= 4 is 5.97 Å². The van der Waals surface area contributed by atoms with E-state index in [1.807, 2.05) is 13.0 Å². The van der Waals surface area contributed by atoms with Crippen LogP contribution in [0.5, 0.6) is 5.75 Å². The van der Waals surface area contributed by atoms with E-state index in [2.05, 4.69) is 0 Å². The summed E-state index contributed by atoms with van der Waals surface area (Å²) in [6, 6.07) is 1.93. The Bertz CT molecular complexity index is 450. The van der Waals surface area contributed by atoms with E-state index in [9.17, 15) is 4.79 Å². The van der Waals surface area contributed by atoms with E-state index in [-0.39, 0.29) is 12.8 Å². The quantitative estimate of drug-likeness (QED) is 0.604. The average Bonchev–Trinajstić information content (AvgIpc) is 2.62. The van der Waals surface area contributed by atoms with Crippen molar-refractivity contribution in [3.8, 4) is 5.75 Å². The number of benzene rings is 1. The van der Waals surface area contributed by atoms with Crippen LogP contribution in [0.1, 0.15) is 27.0 Å². The molecule has 4 nitrogen and oxygen atoms in total. The van der Waals surface area contributed by atoms with Gasteiger partial charge >= 0.3 is 5.97 Å². The minimum Gasteiger partial charge on any atom is -0.467 e. The lowest BCUT2D eigenvalue weighted by molar-refractivity contribution is -0.0174. The van der Waals surface area contributed by atoms with Gasteiger partial charge in [-0.25, -0.2) is 4.79 Å². The summed E-state index contributed by atoms with van der Waals surface area (Å²) in [7, 11) is 0. The molecule has 0 radical (unpaired) electrons. The Morgan fingerprint density at radius 1 is 1.27 bits per heavy atom. The summed E-state index contributed by atoms with van der Waals surface area (Å²) in [4.78, 5) is 11.5. The van der Waals surface area contributed by atoms with E-state index < -0.39 is 0 Å². The fourth-order valence-corrected chi connectivity index (χ4v) is 2.12. The molecule has 0 saturated carbocycles. The number of ether oxygens (including phenoxy) is 3.